The predicted octanol–water partition coefficient (Wildman–Crippen LogP) is 7.66. The zero-order chi connectivity index (χ0) is 20.8. The molecule has 0 aliphatic carbocycles. The number of benzene rings is 3. The van der Waals surface area contributed by atoms with Gasteiger partial charge in [0.25, 0.3) is 0 Å². The summed E-state index contributed by atoms with van der Waals surface area (Å²) in [5, 5.41) is 10.0. The lowest BCUT2D eigenvalue weighted by Gasteiger charge is -2.03. The standard InChI is InChI=1S/C28H15N3S/c1-2-6-19-16(5-1)9-12-30-26(19)24-14-22-25-18-10-11-29-15-17(18)13-21-20-7-3-4-8-23(20)31(27(21)25)28(22)32-24/h1-15H. The number of nitrogens with zero attached hydrogens (tertiary/aromatic N) is 3. The molecular formula is C28H15N3S. The maximum Gasteiger partial charge on any atom is 0.109 e. The molecule has 0 aliphatic rings. The number of para-hydroxylation sites is 1. The zero-order valence-corrected chi connectivity index (χ0v) is 17.7. The van der Waals surface area contributed by atoms with E-state index >= 15 is 0 Å². The van der Waals surface area contributed by atoms with Crippen molar-refractivity contribution < 1.29 is 0 Å². The van der Waals surface area contributed by atoms with Gasteiger partial charge in [-0.2, -0.15) is 0 Å². The van der Waals surface area contributed by atoms with Crippen LogP contribution in [-0.4, -0.2) is 14.4 Å². The topological polar surface area (TPSA) is 30.2 Å². The first-order valence-corrected chi connectivity index (χ1v) is 11.5. The first kappa shape index (κ1) is 16.6. The molecule has 0 N–H and O–H groups in total. The van der Waals surface area contributed by atoms with Crippen LogP contribution in [0.2, 0.25) is 0 Å². The fraction of sp³-hybridized carbons (Fsp3) is 0. The fourth-order valence-corrected chi connectivity index (χ4v) is 6.53. The maximum atomic E-state index is 4.80. The van der Waals surface area contributed by atoms with Gasteiger partial charge in [-0.3, -0.25) is 14.4 Å². The smallest absolute Gasteiger partial charge is 0.109 e. The number of fused-ring (bicyclic) bond motifs is 9. The second-order valence-corrected chi connectivity index (χ2v) is 9.34. The summed E-state index contributed by atoms with van der Waals surface area (Å²) in [6.07, 6.45) is 5.80. The fourth-order valence-electron chi connectivity index (χ4n) is 5.33. The van der Waals surface area contributed by atoms with Crippen LogP contribution in [0.4, 0.5) is 0 Å². The van der Waals surface area contributed by atoms with Crippen LogP contribution in [0, 0.1) is 0 Å². The number of aromatic nitrogens is 3. The van der Waals surface area contributed by atoms with Crippen molar-refractivity contribution in [3.05, 3.63) is 91.4 Å². The molecule has 5 heterocycles. The highest BCUT2D eigenvalue weighted by Crippen LogP contribution is 2.47. The molecule has 32 heavy (non-hydrogen) atoms. The Hall–Kier alpha value is -4.02. The monoisotopic (exact) mass is 425 g/mol. The lowest BCUT2D eigenvalue weighted by Crippen LogP contribution is -1.83. The molecule has 0 fully saturated rings. The van der Waals surface area contributed by atoms with Gasteiger partial charge < -0.3 is 0 Å². The molecule has 3 nitrogen and oxygen atoms in total. The minimum Gasteiger partial charge on any atom is -0.299 e. The van der Waals surface area contributed by atoms with Crippen LogP contribution in [0.1, 0.15) is 0 Å². The highest BCUT2D eigenvalue weighted by Gasteiger charge is 2.22. The quantitative estimate of drug-likeness (QED) is 0.270. The molecule has 0 bridgehead atoms. The van der Waals surface area contributed by atoms with Gasteiger partial charge in [0.1, 0.15) is 4.83 Å². The number of hydrogen-bond donors (Lipinski definition) is 0. The third-order valence-electron chi connectivity index (χ3n) is 6.66. The molecule has 148 valence electrons. The van der Waals surface area contributed by atoms with E-state index in [1.165, 1.54) is 63.8 Å². The lowest BCUT2D eigenvalue weighted by molar-refractivity contribution is 1.37. The Bertz CT molecular complexity index is 1970. The van der Waals surface area contributed by atoms with E-state index in [2.05, 4.69) is 82.2 Å². The summed E-state index contributed by atoms with van der Waals surface area (Å²) in [5.41, 5.74) is 3.62. The molecule has 0 unspecified atom stereocenters. The number of rotatable bonds is 1. The Morgan fingerprint density at radius 1 is 0.688 bits per heavy atom. The molecule has 0 saturated heterocycles. The Balaban J connectivity index is 1.61. The third-order valence-corrected chi connectivity index (χ3v) is 7.79. The number of thiophene rings is 1. The summed E-state index contributed by atoms with van der Waals surface area (Å²) >= 11 is 1.83. The van der Waals surface area contributed by atoms with Crippen molar-refractivity contribution in [1.29, 1.82) is 0 Å². The van der Waals surface area contributed by atoms with E-state index in [0.717, 1.165) is 5.69 Å². The molecule has 8 rings (SSSR count). The van der Waals surface area contributed by atoms with Crippen LogP contribution in [-0.2, 0) is 0 Å². The second kappa shape index (κ2) is 5.81. The van der Waals surface area contributed by atoms with E-state index in [4.69, 9.17) is 4.98 Å². The summed E-state index contributed by atoms with van der Waals surface area (Å²) in [4.78, 5) is 11.7. The van der Waals surface area contributed by atoms with Gasteiger partial charge in [-0.15, -0.1) is 11.3 Å². The van der Waals surface area contributed by atoms with Crippen molar-refractivity contribution >= 4 is 70.3 Å². The van der Waals surface area contributed by atoms with Crippen LogP contribution in [0.3, 0.4) is 0 Å². The number of hydrogen-bond acceptors (Lipinski definition) is 3. The Labute approximate surface area is 186 Å². The zero-order valence-electron chi connectivity index (χ0n) is 16.9. The highest BCUT2D eigenvalue weighted by atomic mass is 32.1. The average Bonchev–Trinajstić information content (AvgIpc) is 3.50. The minimum absolute atomic E-state index is 1.05. The predicted molar refractivity (Wildman–Crippen MR) is 135 cm³/mol. The van der Waals surface area contributed by atoms with Gasteiger partial charge in [0.15, 0.2) is 0 Å². The lowest BCUT2D eigenvalue weighted by atomic mass is 10.0. The van der Waals surface area contributed by atoms with Crippen molar-refractivity contribution in [2.45, 2.75) is 0 Å². The summed E-state index contributed by atoms with van der Waals surface area (Å²) < 4.78 is 2.45. The van der Waals surface area contributed by atoms with E-state index < -0.39 is 0 Å². The van der Waals surface area contributed by atoms with Gasteiger partial charge in [0, 0.05) is 50.9 Å². The third kappa shape index (κ3) is 1.96. The van der Waals surface area contributed by atoms with E-state index in [1.807, 2.05) is 29.9 Å². The first-order valence-electron chi connectivity index (χ1n) is 10.7. The van der Waals surface area contributed by atoms with Crippen LogP contribution < -0.4 is 0 Å². The summed E-state index contributed by atoms with van der Waals surface area (Å²) in [5.74, 6) is 0. The molecular weight excluding hydrogens is 410 g/mol. The van der Waals surface area contributed by atoms with E-state index in [-0.39, 0.29) is 0 Å². The van der Waals surface area contributed by atoms with Gasteiger partial charge in [-0.05, 0) is 41.1 Å². The van der Waals surface area contributed by atoms with Crippen molar-refractivity contribution in [2.24, 2.45) is 0 Å². The molecule has 4 heteroatoms. The van der Waals surface area contributed by atoms with Crippen LogP contribution in [0.15, 0.2) is 91.4 Å². The summed E-state index contributed by atoms with van der Waals surface area (Å²) in [6.45, 7) is 0. The van der Waals surface area contributed by atoms with Gasteiger partial charge in [-0.1, -0.05) is 42.5 Å². The highest BCUT2D eigenvalue weighted by molar-refractivity contribution is 7.22. The van der Waals surface area contributed by atoms with Crippen molar-refractivity contribution in [1.82, 2.24) is 14.4 Å². The van der Waals surface area contributed by atoms with Crippen molar-refractivity contribution in [3.63, 3.8) is 0 Å². The largest absolute Gasteiger partial charge is 0.299 e. The maximum absolute atomic E-state index is 4.80. The molecule has 0 atom stereocenters. The summed E-state index contributed by atoms with van der Waals surface area (Å²) in [6, 6.07) is 26.1. The molecule has 0 spiro atoms. The number of pyridine rings is 2. The molecule has 0 radical (unpaired) electrons. The van der Waals surface area contributed by atoms with Crippen molar-refractivity contribution in [3.8, 4) is 10.6 Å². The molecule has 0 amide bonds. The average molecular weight is 426 g/mol. The first-order chi connectivity index (χ1) is 15.9. The van der Waals surface area contributed by atoms with Crippen LogP contribution >= 0.6 is 11.3 Å². The Morgan fingerprint density at radius 3 is 2.53 bits per heavy atom. The van der Waals surface area contributed by atoms with Crippen LogP contribution in [0.5, 0.6) is 0 Å². The van der Waals surface area contributed by atoms with E-state index in [0.29, 0.717) is 0 Å². The van der Waals surface area contributed by atoms with Crippen molar-refractivity contribution in [2.75, 3.05) is 0 Å². The minimum atomic E-state index is 1.05. The molecule has 3 aromatic carbocycles. The molecule has 8 aromatic rings. The van der Waals surface area contributed by atoms with Crippen LogP contribution in [0.25, 0.3) is 69.5 Å². The van der Waals surface area contributed by atoms with Gasteiger partial charge in [0.05, 0.1) is 21.6 Å². The van der Waals surface area contributed by atoms with Gasteiger partial charge >= 0.3 is 0 Å². The molecule has 0 aliphatic heterocycles. The summed E-state index contributed by atoms with van der Waals surface area (Å²) in [7, 11) is 0. The SMILES string of the molecule is c1ccc2c(-c3cc4c5c6ccncc6cc6c7ccccc7n(c4s3)c65)nccc2c1. The van der Waals surface area contributed by atoms with Gasteiger partial charge in [-0.25, -0.2) is 0 Å². The second-order valence-electron chi connectivity index (χ2n) is 8.31. The molecule has 0 saturated carbocycles. The normalized spacial score (nSPS) is 12.4. The van der Waals surface area contributed by atoms with Gasteiger partial charge in [0.2, 0.25) is 0 Å². The van der Waals surface area contributed by atoms with E-state index in [9.17, 15) is 0 Å². The Morgan fingerprint density at radius 2 is 1.56 bits per heavy atom. The Kier molecular flexibility index (Phi) is 3.02. The van der Waals surface area contributed by atoms with E-state index in [1.54, 1.807) is 0 Å². The molecule has 5 aromatic heterocycles.